The molecular formula is C18H27NO4. The van der Waals surface area contributed by atoms with Crippen LogP contribution in [0.25, 0.3) is 0 Å². The molecule has 1 saturated carbocycles. The summed E-state index contributed by atoms with van der Waals surface area (Å²) in [4.78, 5) is 16.4. The second kappa shape index (κ2) is 7.20. The smallest absolute Gasteiger partial charge is 0.309 e. The number of rotatable bonds is 5. The minimum Gasteiger partial charge on any atom is -0.493 e. The zero-order chi connectivity index (χ0) is 17.0. The maximum absolute atomic E-state index is 12.1. The fourth-order valence-corrected chi connectivity index (χ4v) is 2.84. The van der Waals surface area contributed by atoms with E-state index in [9.17, 15) is 4.79 Å². The van der Waals surface area contributed by atoms with E-state index in [1.165, 1.54) is 0 Å². The third kappa shape index (κ3) is 5.41. The molecule has 5 nitrogen and oxygen atoms in total. The van der Waals surface area contributed by atoms with Gasteiger partial charge in [-0.15, -0.1) is 0 Å². The molecule has 1 aliphatic rings. The van der Waals surface area contributed by atoms with Crippen LogP contribution in [0.3, 0.4) is 0 Å². The van der Waals surface area contributed by atoms with Crippen LogP contribution in [-0.4, -0.2) is 30.3 Å². The Hall–Kier alpha value is -1.78. The summed E-state index contributed by atoms with van der Waals surface area (Å²) in [5.41, 5.74) is 0.439. The number of esters is 1. The van der Waals surface area contributed by atoms with Crippen molar-refractivity contribution >= 4 is 5.97 Å². The van der Waals surface area contributed by atoms with Crippen molar-refractivity contribution in [2.24, 2.45) is 11.8 Å². The van der Waals surface area contributed by atoms with Gasteiger partial charge in [-0.25, -0.2) is 4.98 Å². The number of nitrogens with zero attached hydrogens (tertiary/aromatic N) is 1. The highest BCUT2D eigenvalue weighted by atomic mass is 16.6. The van der Waals surface area contributed by atoms with E-state index in [1.54, 1.807) is 13.2 Å². The zero-order valence-electron chi connectivity index (χ0n) is 14.7. The van der Waals surface area contributed by atoms with Gasteiger partial charge in [0.15, 0.2) is 0 Å². The Morgan fingerprint density at radius 1 is 1.30 bits per heavy atom. The molecule has 0 saturated heterocycles. The van der Waals surface area contributed by atoms with Gasteiger partial charge in [-0.2, -0.15) is 0 Å². The lowest BCUT2D eigenvalue weighted by Crippen LogP contribution is -2.28. The van der Waals surface area contributed by atoms with Crippen LogP contribution < -0.4 is 9.47 Å². The highest BCUT2D eigenvalue weighted by Crippen LogP contribution is 2.33. The number of carbonyl (C=O) groups excluding carboxylic acids is 1. The maximum atomic E-state index is 12.1. The topological polar surface area (TPSA) is 57.7 Å². The quantitative estimate of drug-likeness (QED) is 0.776. The second-order valence-electron chi connectivity index (χ2n) is 7.21. The van der Waals surface area contributed by atoms with Crippen LogP contribution in [0.4, 0.5) is 0 Å². The molecule has 0 N–H and O–H groups in total. The lowest BCUT2D eigenvalue weighted by Gasteiger charge is -2.22. The summed E-state index contributed by atoms with van der Waals surface area (Å²) in [5.74, 6) is 1.61. The Labute approximate surface area is 138 Å². The van der Waals surface area contributed by atoms with Crippen LogP contribution in [0.2, 0.25) is 0 Å². The Bertz CT molecular complexity index is 550. The van der Waals surface area contributed by atoms with Gasteiger partial charge in [0.05, 0.1) is 19.6 Å². The molecule has 2 rings (SSSR count). The summed E-state index contributed by atoms with van der Waals surface area (Å²) >= 11 is 0. The summed E-state index contributed by atoms with van der Waals surface area (Å²) in [6.45, 7) is 8.22. The molecule has 0 bridgehead atoms. The molecule has 23 heavy (non-hydrogen) atoms. The van der Waals surface area contributed by atoms with Gasteiger partial charge in [-0.1, -0.05) is 0 Å². The first-order valence-corrected chi connectivity index (χ1v) is 8.15. The molecule has 0 aromatic carbocycles. The molecule has 1 fully saturated rings. The van der Waals surface area contributed by atoms with Crippen molar-refractivity contribution in [1.29, 1.82) is 0 Å². The predicted molar refractivity (Wildman–Crippen MR) is 87.7 cm³/mol. The van der Waals surface area contributed by atoms with Gasteiger partial charge in [0.2, 0.25) is 5.88 Å². The van der Waals surface area contributed by atoms with Crippen molar-refractivity contribution in [1.82, 2.24) is 4.98 Å². The van der Waals surface area contributed by atoms with Crippen molar-refractivity contribution in [3.63, 3.8) is 0 Å². The molecule has 0 amide bonds. The monoisotopic (exact) mass is 321 g/mol. The highest BCUT2D eigenvalue weighted by molar-refractivity contribution is 5.73. The Kier molecular flexibility index (Phi) is 5.50. The van der Waals surface area contributed by atoms with Gasteiger partial charge in [0.1, 0.15) is 11.4 Å². The molecule has 2 atom stereocenters. The molecule has 1 aromatic heterocycles. The standard InChI is InChI=1S/C18H27NO4/c1-12-8-15(10-16(19-12)21-5)22-11-13-6-7-14(9-13)17(20)23-18(2,3)4/h8,10,13-14H,6-7,9,11H2,1-5H3/t13-,14?/m1/s1. The summed E-state index contributed by atoms with van der Waals surface area (Å²) in [6, 6.07) is 3.68. The van der Waals surface area contributed by atoms with Crippen LogP contribution in [0, 0.1) is 18.8 Å². The summed E-state index contributed by atoms with van der Waals surface area (Å²) in [7, 11) is 1.59. The molecule has 128 valence electrons. The van der Waals surface area contributed by atoms with Gasteiger partial charge >= 0.3 is 5.97 Å². The molecule has 1 aliphatic carbocycles. The van der Waals surface area contributed by atoms with Crippen LogP contribution in [0.15, 0.2) is 12.1 Å². The van der Waals surface area contributed by atoms with Gasteiger partial charge in [-0.3, -0.25) is 4.79 Å². The van der Waals surface area contributed by atoms with Crippen LogP contribution in [0.1, 0.15) is 45.7 Å². The maximum Gasteiger partial charge on any atom is 0.309 e. The highest BCUT2D eigenvalue weighted by Gasteiger charge is 2.33. The average molecular weight is 321 g/mol. The third-order valence-electron chi connectivity index (χ3n) is 3.88. The second-order valence-corrected chi connectivity index (χ2v) is 7.21. The van der Waals surface area contributed by atoms with Crippen molar-refractivity contribution in [2.45, 2.75) is 52.6 Å². The fraction of sp³-hybridized carbons (Fsp3) is 0.667. The van der Waals surface area contributed by atoms with Gasteiger partial charge in [-0.05, 0) is 52.9 Å². The molecule has 0 spiro atoms. The lowest BCUT2D eigenvalue weighted by molar-refractivity contribution is -0.159. The van der Waals surface area contributed by atoms with Crippen LogP contribution >= 0.6 is 0 Å². The van der Waals surface area contributed by atoms with E-state index in [4.69, 9.17) is 14.2 Å². The van der Waals surface area contributed by atoms with Crippen molar-refractivity contribution < 1.29 is 19.0 Å². The largest absolute Gasteiger partial charge is 0.493 e. The lowest BCUT2D eigenvalue weighted by atomic mass is 10.1. The predicted octanol–water partition coefficient (Wildman–Crippen LogP) is 3.54. The SMILES string of the molecule is COc1cc(OC[C@@H]2CCC(C(=O)OC(C)(C)C)C2)cc(C)n1. The first-order valence-electron chi connectivity index (χ1n) is 8.15. The van der Waals surface area contributed by atoms with E-state index in [0.717, 1.165) is 30.7 Å². The van der Waals surface area contributed by atoms with Gasteiger partial charge < -0.3 is 14.2 Å². The molecule has 5 heteroatoms. The number of aryl methyl sites for hydroxylation is 1. The zero-order valence-corrected chi connectivity index (χ0v) is 14.7. The summed E-state index contributed by atoms with van der Waals surface area (Å²) in [6.07, 6.45) is 2.70. The molecule has 1 unspecified atom stereocenters. The van der Waals surface area contributed by atoms with Gasteiger partial charge in [0, 0.05) is 17.8 Å². The summed E-state index contributed by atoms with van der Waals surface area (Å²) < 4.78 is 16.5. The number of hydrogen-bond donors (Lipinski definition) is 0. The van der Waals surface area contributed by atoms with Crippen molar-refractivity contribution in [2.75, 3.05) is 13.7 Å². The van der Waals surface area contributed by atoms with E-state index in [1.807, 2.05) is 33.8 Å². The Morgan fingerprint density at radius 2 is 2.04 bits per heavy atom. The van der Waals surface area contributed by atoms with Crippen molar-refractivity contribution in [3.05, 3.63) is 17.8 Å². The van der Waals surface area contributed by atoms with Crippen molar-refractivity contribution in [3.8, 4) is 11.6 Å². The number of carbonyl (C=O) groups is 1. The third-order valence-corrected chi connectivity index (χ3v) is 3.88. The first-order chi connectivity index (χ1) is 10.8. The van der Waals surface area contributed by atoms with E-state index in [2.05, 4.69) is 4.98 Å². The summed E-state index contributed by atoms with van der Waals surface area (Å²) in [5, 5.41) is 0. The van der Waals surface area contributed by atoms with E-state index in [-0.39, 0.29) is 11.9 Å². The minimum atomic E-state index is -0.420. The molecular weight excluding hydrogens is 294 g/mol. The van der Waals surface area contributed by atoms with Gasteiger partial charge in [0.25, 0.3) is 0 Å². The van der Waals surface area contributed by atoms with E-state index >= 15 is 0 Å². The van der Waals surface area contributed by atoms with Crippen LogP contribution in [0.5, 0.6) is 11.6 Å². The molecule has 0 radical (unpaired) electrons. The Balaban J connectivity index is 1.84. The number of methoxy groups -OCH3 is 1. The van der Waals surface area contributed by atoms with Crippen LogP contribution in [-0.2, 0) is 9.53 Å². The minimum absolute atomic E-state index is 0.00321. The Morgan fingerprint density at radius 3 is 2.70 bits per heavy atom. The average Bonchev–Trinajstić information content (AvgIpc) is 2.91. The fourth-order valence-electron chi connectivity index (χ4n) is 2.84. The first kappa shape index (κ1) is 17.6. The number of pyridine rings is 1. The molecule has 1 heterocycles. The molecule has 0 aliphatic heterocycles. The normalized spacial score (nSPS) is 21.1. The number of ether oxygens (including phenoxy) is 3. The number of aromatic nitrogens is 1. The van der Waals surface area contributed by atoms with E-state index < -0.39 is 5.60 Å². The van der Waals surface area contributed by atoms with E-state index in [0.29, 0.717) is 18.4 Å². The molecule has 1 aromatic rings. The number of hydrogen-bond acceptors (Lipinski definition) is 5.